The van der Waals surface area contributed by atoms with Crippen molar-refractivity contribution in [3.8, 4) is 0 Å². The number of hydrazine groups is 1. The lowest BCUT2D eigenvalue weighted by Gasteiger charge is -2.28. The number of likely N-dealkylation sites (tertiary alicyclic amines) is 1. The molecule has 1 saturated heterocycles. The number of urea groups is 1. The Morgan fingerprint density at radius 3 is 2.24 bits per heavy atom. The second-order valence-corrected chi connectivity index (χ2v) is 6.07. The first-order valence-corrected chi connectivity index (χ1v) is 8.40. The van der Waals surface area contributed by atoms with Crippen LogP contribution in [0.2, 0.25) is 0 Å². The molecule has 0 radical (unpaired) electrons. The fraction of sp³-hybridized carbons (Fsp3) is 0.263. The van der Waals surface area contributed by atoms with Gasteiger partial charge in [0.25, 0.3) is 5.91 Å². The number of hydrogen-bond donors (Lipinski definition) is 2. The summed E-state index contributed by atoms with van der Waals surface area (Å²) in [5, 5.41) is 0. The van der Waals surface area contributed by atoms with Gasteiger partial charge >= 0.3 is 6.03 Å². The van der Waals surface area contributed by atoms with Crippen LogP contribution in [0.5, 0.6) is 0 Å². The zero-order valence-electron chi connectivity index (χ0n) is 14.0. The number of hydrogen-bond acceptors (Lipinski definition) is 3. The number of nitrogens with two attached hydrogens (primary N) is 1. The van der Waals surface area contributed by atoms with Gasteiger partial charge in [-0.25, -0.2) is 10.6 Å². The van der Waals surface area contributed by atoms with Crippen molar-refractivity contribution in [2.45, 2.75) is 19.4 Å². The molecule has 3 N–H and O–H groups in total. The average Bonchev–Trinajstić information content (AvgIpc) is 3.21. The van der Waals surface area contributed by atoms with Gasteiger partial charge in [0.15, 0.2) is 0 Å². The fourth-order valence-electron chi connectivity index (χ4n) is 2.98. The lowest BCUT2D eigenvalue weighted by atomic mass is 10.1. The predicted molar refractivity (Wildman–Crippen MR) is 96.9 cm³/mol. The molecule has 1 aliphatic rings. The molecule has 0 bridgehead atoms. The van der Waals surface area contributed by atoms with Gasteiger partial charge in [0.05, 0.1) is 6.54 Å². The van der Waals surface area contributed by atoms with Gasteiger partial charge in [-0.05, 0) is 42.7 Å². The number of rotatable bonds is 4. The van der Waals surface area contributed by atoms with Gasteiger partial charge < -0.3 is 4.90 Å². The zero-order chi connectivity index (χ0) is 17.6. The molecule has 0 saturated carbocycles. The maximum Gasteiger partial charge on any atom is 0.324 e. The summed E-state index contributed by atoms with van der Waals surface area (Å²) in [5.41, 5.74) is 4.41. The second kappa shape index (κ2) is 7.81. The van der Waals surface area contributed by atoms with Gasteiger partial charge in [0.2, 0.25) is 0 Å². The molecule has 2 aromatic rings. The summed E-state index contributed by atoms with van der Waals surface area (Å²) >= 11 is 0. The lowest BCUT2D eigenvalue weighted by Crippen LogP contribution is -2.41. The van der Waals surface area contributed by atoms with Crippen LogP contribution in [0, 0.1) is 0 Å². The van der Waals surface area contributed by atoms with Crippen LogP contribution in [-0.2, 0) is 6.54 Å². The maximum absolute atomic E-state index is 12.9. The van der Waals surface area contributed by atoms with E-state index in [0.29, 0.717) is 12.1 Å². The van der Waals surface area contributed by atoms with Crippen molar-refractivity contribution in [3.63, 3.8) is 0 Å². The minimum atomic E-state index is -0.334. The Labute approximate surface area is 147 Å². The fourth-order valence-corrected chi connectivity index (χ4v) is 2.98. The Hall–Kier alpha value is -2.86. The van der Waals surface area contributed by atoms with E-state index in [1.807, 2.05) is 47.4 Å². The SMILES string of the molecule is NNC(=O)c1ccc(CN(C(=O)N2CCCC2)c2ccccc2)cc1. The lowest BCUT2D eigenvalue weighted by molar-refractivity contribution is 0.0953. The third-order valence-corrected chi connectivity index (χ3v) is 4.36. The number of nitrogens with one attached hydrogen (secondary N) is 1. The standard InChI is InChI=1S/C19H22N4O2/c20-21-18(24)16-10-8-15(9-11-16)14-23(17-6-2-1-3-7-17)19(25)22-12-4-5-13-22/h1-3,6-11H,4-5,12-14,20H2,(H,21,24). The molecule has 1 fully saturated rings. The zero-order valence-corrected chi connectivity index (χ0v) is 14.0. The highest BCUT2D eigenvalue weighted by Gasteiger charge is 2.25. The third-order valence-electron chi connectivity index (χ3n) is 4.36. The van der Waals surface area contributed by atoms with E-state index in [9.17, 15) is 9.59 Å². The van der Waals surface area contributed by atoms with E-state index in [-0.39, 0.29) is 11.9 Å². The van der Waals surface area contributed by atoms with E-state index in [1.54, 1.807) is 17.0 Å². The largest absolute Gasteiger partial charge is 0.324 e. The molecule has 0 unspecified atom stereocenters. The molecule has 0 atom stereocenters. The molecule has 0 aliphatic carbocycles. The molecule has 2 aromatic carbocycles. The summed E-state index contributed by atoms with van der Waals surface area (Å²) in [6.07, 6.45) is 2.11. The maximum atomic E-state index is 12.9. The normalized spacial score (nSPS) is 13.6. The van der Waals surface area contributed by atoms with Gasteiger partial charge in [-0.1, -0.05) is 30.3 Å². The van der Waals surface area contributed by atoms with Gasteiger partial charge in [0, 0.05) is 24.3 Å². The first-order valence-electron chi connectivity index (χ1n) is 8.40. The molecule has 3 rings (SSSR count). The van der Waals surface area contributed by atoms with Gasteiger partial charge in [0.1, 0.15) is 0 Å². The second-order valence-electron chi connectivity index (χ2n) is 6.07. The Balaban J connectivity index is 1.82. The average molecular weight is 338 g/mol. The number of carbonyl (C=O) groups is 2. The number of anilines is 1. The van der Waals surface area contributed by atoms with E-state index in [2.05, 4.69) is 5.43 Å². The van der Waals surface area contributed by atoms with E-state index in [0.717, 1.165) is 37.2 Å². The van der Waals surface area contributed by atoms with Crippen molar-refractivity contribution < 1.29 is 9.59 Å². The van der Waals surface area contributed by atoms with Crippen molar-refractivity contribution in [1.29, 1.82) is 0 Å². The molecular formula is C19H22N4O2. The van der Waals surface area contributed by atoms with Crippen molar-refractivity contribution in [1.82, 2.24) is 10.3 Å². The number of nitrogens with zero attached hydrogens (tertiary/aromatic N) is 2. The van der Waals surface area contributed by atoms with Crippen LogP contribution in [0.1, 0.15) is 28.8 Å². The first-order chi connectivity index (χ1) is 12.2. The molecular weight excluding hydrogens is 316 g/mol. The Kier molecular flexibility index (Phi) is 5.30. The molecule has 1 aliphatic heterocycles. The van der Waals surface area contributed by atoms with Crippen LogP contribution < -0.4 is 16.2 Å². The van der Waals surface area contributed by atoms with Crippen LogP contribution in [0.3, 0.4) is 0 Å². The smallest absolute Gasteiger partial charge is 0.324 e. The molecule has 25 heavy (non-hydrogen) atoms. The van der Waals surface area contributed by atoms with E-state index in [4.69, 9.17) is 5.84 Å². The molecule has 6 heteroatoms. The monoisotopic (exact) mass is 338 g/mol. The third kappa shape index (κ3) is 3.97. The number of carbonyl (C=O) groups excluding carboxylic acids is 2. The summed E-state index contributed by atoms with van der Waals surface area (Å²) in [4.78, 5) is 28.2. The van der Waals surface area contributed by atoms with Crippen LogP contribution >= 0.6 is 0 Å². The van der Waals surface area contributed by atoms with Crippen LogP contribution in [0.25, 0.3) is 0 Å². The van der Waals surface area contributed by atoms with E-state index < -0.39 is 0 Å². The summed E-state index contributed by atoms with van der Waals surface area (Å²) in [7, 11) is 0. The highest BCUT2D eigenvalue weighted by Crippen LogP contribution is 2.21. The summed E-state index contributed by atoms with van der Waals surface area (Å²) in [5.74, 6) is 4.82. The van der Waals surface area contributed by atoms with Gasteiger partial charge in [-0.2, -0.15) is 0 Å². The highest BCUT2D eigenvalue weighted by molar-refractivity contribution is 5.94. The summed E-state index contributed by atoms with van der Waals surface area (Å²) in [6, 6.07) is 16.8. The minimum Gasteiger partial charge on any atom is -0.324 e. The Bertz CT molecular complexity index is 725. The van der Waals surface area contributed by atoms with E-state index in [1.165, 1.54) is 0 Å². The first kappa shape index (κ1) is 17.0. The van der Waals surface area contributed by atoms with Crippen LogP contribution in [0.15, 0.2) is 54.6 Å². The van der Waals surface area contributed by atoms with E-state index >= 15 is 0 Å². The molecule has 0 aromatic heterocycles. The topological polar surface area (TPSA) is 78.7 Å². The minimum absolute atomic E-state index is 0.0208. The Morgan fingerprint density at radius 1 is 1.00 bits per heavy atom. The predicted octanol–water partition coefficient (Wildman–Crippen LogP) is 2.51. The number of nitrogen functional groups attached to an aromatic ring is 1. The quantitative estimate of drug-likeness (QED) is 0.511. The van der Waals surface area contributed by atoms with Crippen molar-refractivity contribution >= 4 is 17.6 Å². The number of amides is 3. The molecule has 6 nitrogen and oxygen atoms in total. The van der Waals surface area contributed by atoms with Crippen molar-refractivity contribution in [2.24, 2.45) is 5.84 Å². The molecule has 130 valence electrons. The van der Waals surface area contributed by atoms with Crippen LogP contribution in [0.4, 0.5) is 10.5 Å². The highest BCUT2D eigenvalue weighted by atomic mass is 16.2. The molecule has 0 spiro atoms. The van der Waals surface area contributed by atoms with Crippen molar-refractivity contribution in [3.05, 3.63) is 65.7 Å². The number of benzene rings is 2. The Morgan fingerprint density at radius 2 is 1.64 bits per heavy atom. The summed E-state index contributed by atoms with van der Waals surface area (Å²) in [6.45, 7) is 2.05. The van der Waals surface area contributed by atoms with Crippen molar-refractivity contribution in [2.75, 3.05) is 18.0 Å². The van der Waals surface area contributed by atoms with Crippen LogP contribution in [-0.4, -0.2) is 29.9 Å². The molecule has 1 heterocycles. The van der Waals surface area contributed by atoms with Gasteiger partial charge in [-0.3, -0.25) is 15.1 Å². The molecule has 3 amide bonds. The van der Waals surface area contributed by atoms with Gasteiger partial charge in [-0.15, -0.1) is 0 Å². The number of para-hydroxylation sites is 1. The summed E-state index contributed by atoms with van der Waals surface area (Å²) < 4.78 is 0.